The second-order valence-electron chi connectivity index (χ2n) is 2.96. The van der Waals surface area contributed by atoms with E-state index in [2.05, 4.69) is 6.07 Å². The number of nitriles is 1. The van der Waals surface area contributed by atoms with Gasteiger partial charge in [-0.05, 0) is 31.2 Å². The van der Waals surface area contributed by atoms with Gasteiger partial charge < -0.3 is 4.90 Å². The third kappa shape index (κ3) is 2.74. The minimum Gasteiger partial charge on any atom is -0.371 e. The van der Waals surface area contributed by atoms with Crippen molar-refractivity contribution in [2.45, 2.75) is 13.3 Å². The number of anilines is 1. The molecule has 0 spiro atoms. The standard InChI is InChI=1S/C11H13FN2/c1-2-14(9-3-8-13)11-6-4-10(12)5-7-11/h4-7H,2-3,9H2,1H3. The Morgan fingerprint density at radius 3 is 2.50 bits per heavy atom. The third-order valence-corrected chi connectivity index (χ3v) is 2.07. The van der Waals surface area contributed by atoms with Crippen LogP contribution in [0.25, 0.3) is 0 Å². The summed E-state index contributed by atoms with van der Waals surface area (Å²) in [5.74, 6) is -0.231. The van der Waals surface area contributed by atoms with Gasteiger partial charge in [0.05, 0.1) is 12.5 Å². The van der Waals surface area contributed by atoms with Crippen LogP contribution in [-0.2, 0) is 0 Å². The molecular weight excluding hydrogens is 179 g/mol. The van der Waals surface area contributed by atoms with E-state index >= 15 is 0 Å². The van der Waals surface area contributed by atoms with Crippen molar-refractivity contribution >= 4 is 5.69 Å². The van der Waals surface area contributed by atoms with E-state index in [0.29, 0.717) is 13.0 Å². The van der Waals surface area contributed by atoms with Crippen LogP contribution in [-0.4, -0.2) is 13.1 Å². The van der Waals surface area contributed by atoms with Gasteiger partial charge in [0, 0.05) is 18.8 Å². The van der Waals surface area contributed by atoms with Gasteiger partial charge in [-0.25, -0.2) is 4.39 Å². The highest BCUT2D eigenvalue weighted by atomic mass is 19.1. The van der Waals surface area contributed by atoms with Gasteiger partial charge >= 0.3 is 0 Å². The summed E-state index contributed by atoms with van der Waals surface area (Å²) in [7, 11) is 0. The lowest BCUT2D eigenvalue weighted by molar-refractivity contribution is 0.627. The Balaban J connectivity index is 2.69. The molecule has 0 fully saturated rings. The summed E-state index contributed by atoms with van der Waals surface area (Å²) >= 11 is 0. The third-order valence-electron chi connectivity index (χ3n) is 2.07. The second-order valence-corrected chi connectivity index (χ2v) is 2.96. The first-order chi connectivity index (χ1) is 6.77. The van der Waals surface area contributed by atoms with Gasteiger partial charge in [-0.15, -0.1) is 0 Å². The summed E-state index contributed by atoms with van der Waals surface area (Å²) in [6.45, 7) is 3.53. The predicted octanol–water partition coefficient (Wildman–Crippen LogP) is 2.57. The molecule has 0 heterocycles. The van der Waals surface area contributed by atoms with Crippen molar-refractivity contribution in [1.29, 1.82) is 5.26 Å². The Morgan fingerprint density at radius 2 is 2.00 bits per heavy atom. The van der Waals surface area contributed by atoms with E-state index in [0.717, 1.165) is 12.2 Å². The molecule has 0 amide bonds. The first-order valence-corrected chi connectivity index (χ1v) is 4.65. The van der Waals surface area contributed by atoms with Crippen LogP contribution in [0.4, 0.5) is 10.1 Å². The van der Waals surface area contributed by atoms with E-state index in [-0.39, 0.29) is 5.82 Å². The van der Waals surface area contributed by atoms with E-state index in [4.69, 9.17) is 5.26 Å². The van der Waals surface area contributed by atoms with Gasteiger partial charge in [-0.1, -0.05) is 0 Å². The van der Waals surface area contributed by atoms with Crippen LogP contribution >= 0.6 is 0 Å². The van der Waals surface area contributed by atoms with Crippen LogP contribution in [0.2, 0.25) is 0 Å². The van der Waals surface area contributed by atoms with Gasteiger partial charge in [0.25, 0.3) is 0 Å². The highest BCUT2D eigenvalue weighted by Gasteiger charge is 2.02. The zero-order chi connectivity index (χ0) is 10.4. The van der Waals surface area contributed by atoms with Crippen LogP contribution in [0, 0.1) is 17.1 Å². The van der Waals surface area contributed by atoms with Crippen LogP contribution in [0.1, 0.15) is 13.3 Å². The summed E-state index contributed by atoms with van der Waals surface area (Å²) in [6, 6.07) is 8.43. The lowest BCUT2D eigenvalue weighted by atomic mass is 10.2. The minimum atomic E-state index is -0.231. The van der Waals surface area contributed by atoms with Crippen LogP contribution in [0.15, 0.2) is 24.3 Å². The molecule has 2 nitrogen and oxygen atoms in total. The van der Waals surface area contributed by atoms with E-state index in [1.54, 1.807) is 12.1 Å². The molecule has 1 aromatic rings. The Kier molecular flexibility index (Phi) is 3.93. The monoisotopic (exact) mass is 192 g/mol. The van der Waals surface area contributed by atoms with Crippen molar-refractivity contribution in [3.05, 3.63) is 30.1 Å². The fourth-order valence-electron chi connectivity index (χ4n) is 1.31. The topological polar surface area (TPSA) is 27.0 Å². The van der Waals surface area contributed by atoms with E-state index in [1.165, 1.54) is 12.1 Å². The molecule has 14 heavy (non-hydrogen) atoms. The summed E-state index contributed by atoms with van der Waals surface area (Å²) in [5, 5.41) is 8.47. The van der Waals surface area contributed by atoms with E-state index < -0.39 is 0 Å². The second kappa shape index (κ2) is 5.23. The smallest absolute Gasteiger partial charge is 0.123 e. The van der Waals surface area contributed by atoms with Crippen LogP contribution < -0.4 is 4.90 Å². The molecule has 3 heteroatoms. The van der Waals surface area contributed by atoms with Gasteiger partial charge in [-0.2, -0.15) is 5.26 Å². The van der Waals surface area contributed by atoms with Gasteiger partial charge in [0.1, 0.15) is 5.82 Å². The molecule has 0 N–H and O–H groups in total. The Morgan fingerprint density at radius 1 is 1.36 bits per heavy atom. The van der Waals surface area contributed by atoms with Gasteiger partial charge in [0.2, 0.25) is 0 Å². The molecule has 1 rings (SSSR count). The number of hydrogen-bond acceptors (Lipinski definition) is 2. The number of nitrogens with zero attached hydrogens (tertiary/aromatic N) is 2. The molecule has 0 aromatic heterocycles. The summed E-state index contributed by atoms with van der Waals surface area (Å²) in [4.78, 5) is 2.04. The molecule has 0 aliphatic rings. The van der Waals surface area contributed by atoms with Crippen molar-refractivity contribution in [1.82, 2.24) is 0 Å². The lowest BCUT2D eigenvalue weighted by Crippen LogP contribution is -2.23. The maximum absolute atomic E-state index is 12.6. The maximum atomic E-state index is 12.6. The van der Waals surface area contributed by atoms with Crippen molar-refractivity contribution in [2.24, 2.45) is 0 Å². The minimum absolute atomic E-state index is 0.231. The molecule has 74 valence electrons. The first-order valence-electron chi connectivity index (χ1n) is 4.65. The lowest BCUT2D eigenvalue weighted by Gasteiger charge is -2.21. The Labute approximate surface area is 83.6 Å². The Hall–Kier alpha value is -1.56. The van der Waals surface area contributed by atoms with Crippen LogP contribution in [0.5, 0.6) is 0 Å². The fraction of sp³-hybridized carbons (Fsp3) is 0.364. The number of rotatable bonds is 4. The van der Waals surface area contributed by atoms with Crippen LogP contribution in [0.3, 0.4) is 0 Å². The van der Waals surface area contributed by atoms with E-state index in [1.807, 2.05) is 11.8 Å². The largest absolute Gasteiger partial charge is 0.371 e. The molecule has 0 radical (unpaired) electrons. The molecule has 0 atom stereocenters. The summed E-state index contributed by atoms with van der Waals surface area (Å²) in [5.41, 5.74) is 0.962. The highest BCUT2D eigenvalue weighted by Crippen LogP contribution is 2.14. The fourth-order valence-corrected chi connectivity index (χ4v) is 1.31. The van der Waals surface area contributed by atoms with Crippen molar-refractivity contribution in [3.63, 3.8) is 0 Å². The molecule has 0 saturated heterocycles. The van der Waals surface area contributed by atoms with Gasteiger partial charge in [0.15, 0.2) is 0 Å². The molecule has 0 unspecified atom stereocenters. The average Bonchev–Trinajstić information content (AvgIpc) is 2.21. The predicted molar refractivity (Wildman–Crippen MR) is 54.5 cm³/mol. The molecule has 0 bridgehead atoms. The molecule has 0 aliphatic carbocycles. The van der Waals surface area contributed by atoms with Gasteiger partial charge in [-0.3, -0.25) is 0 Å². The zero-order valence-corrected chi connectivity index (χ0v) is 8.20. The summed E-state index contributed by atoms with van der Waals surface area (Å²) < 4.78 is 12.6. The number of hydrogen-bond donors (Lipinski definition) is 0. The first kappa shape index (κ1) is 10.5. The maximum Gasteiger partial charge on any atom is 0.123 e. The summed E-state index contributed by atoms with van der Waals surface area (Å²) in [6.07, 6.45) is 0.491. The SMILES string of the molecule is CCN(CCC#N)c1ccc(F)cc1. The zero-order valence-electron chi connectivity index (χ0n) is 8.20. The highest BCUT2D eigenvalue weighted by molar-refractivity contribution is 5.46. The van der Waals surface area contributed by atoms with E-state index in [9.17, 15) is 4.39 Å². The van der Waals surface area contributed by atoms with Crippen molar-refractivity contribution in [3.8, 4) is 6.07 Å². The molecule has 1 aromatic carbocycles. The molecular formula is C11H13FN2. The average molecular weight is 192 g/mol. The van der Waals surface area contributed by atoms with Crippen molar-refractivity contribution in [2.75, 3.05) is 18.0 Å². The molecule has 0 aliphatic heterocycles. The number of benzene rings is 1. The number of halogens is 1. The van der Waals surface area contributed by atoms with Crippen molar-refractivity contribution < 1.29 is 4.39 Å². The normalized spacial score (nSPS) is 9.50. The quantitative estimate of drug-likeness (QED) is 0.733. The Bertz CT molecular complexity index is 313. The molecule has 0 saturated carbocycles.